The highest BCUT2D eigenvalue weighted by Gasteiger charge is 2.18. The SMILES string of the molecule is COc1ccc(-c2csc(N)n2)c2sc(NC(=O)c3ccc(CN4CCCC4)cc3)nc12.Cl. The van der Waals surface area contributed by atoms with Gasteiger partial charge in [0.05, 0.1) is 17.5 Å². The van der Waals surface area contributed by atoms with E-state index in [9.17, 15) is 4.79 Å². The fourth-order valence-corrected chi connectivity index (χ4v) is 5.51. The number of aromatic nitrogens is 2. The van der Waals surface area contributed by atoms with E-state index >= 15 is 0 Å². The molecule has 2 aromatic heterocycles. The molecule has 0 unspecified atom stereocenters. The number of amides is 1. The quantitative estimate of drug-likeness (QED) is 0.373. The molecule has 3 N–H and O–H groups in total. The van der Waals surface area contributed by atoms with Crippen molar-refractivity contribution in [2.45, 2.75) is 19.4 Å². The summed E-state index contributed by atoms with van der Waals surface area (Å²) < 4.78 is 6.37. The minimum atomic E-state index is -0.185. The summed E-state index contributed by atoms with van der Waals surface area (Å²) in [5.74, 6) is 0.463. The number of hydrogen-bond donors (Lipinski definition) is 2. The van der Waals surface area contributed by atoms with Crippen LogP contribution in [0, 0.1) is 0 Å². The normalized spacial score (nSPS) is 13.7. The van der Waals surface area contributed by atoms with E-state index in [0.717, 1.165) is 35.6 Å². The summed E-state index contributed by atoms with van der Waals surface area (Å²) >= 11 is 2.79. The van der Waals surface area contributed by atoms with Crippen molar-refractivity contribution in [3.8, 4) is 17.0 Å². The number of fused-ring (bicyclic) bond motifs is 1. The van der Waals surface area contributed by atoms with Gasteiger partial charge in [-0.3, -0.25) is 15.0 Å². The lowest BCUT2D eigenvalue weighted by molar-refractivity contribution is 0.102. The van der Waals surface area contributed by atoms with Crippen molar-refractivity contribution in [3.05, 3.63) is 52.9 Å². The van der Waals surface area contributed by atoms with Gasteiger partial charge in [-0.05, 0) is 55.8 Å². The predicted molar refractivity (Wildman–Crippen MR) is 138 cm³/mol. The summed E-state index contributed by atoms with van der Waals surface area (Å²) in [5, 5.41) is 5.87. The lowest BCUT2D eigenvalue weighted by atomic mass is 10.1. The van der Waals surface area contributed by atoms with E-state index in [4.69, 9.17) is 10.5 Å². The number of ether oxygens (including phenoxy) is 1. The number of nitrogen functional groups attached to an aromatic ring is 1. The molecule has 1 aliphatic rings. The Morgan fingerprint density at radius 1 is 1.15 bits per heavy atom. The number of hydrogen-bond acceptors (Lipinski definition) is 8. The van der Waals surface area contributed by atoms with E-state index in [1.54, 1.807) is 7.11 Å². The Bertz CT molecular complexity index is 1270. The van der Waals surface area contributed by atoms with Crippen LogP contribution in [-0.2, 0) is 6.54 Å². The molecule has 33 heavy (non-hydrogen) atoms. The molecule has 3 heterocycles. The molecule has 1 amide bonds. The van der Waals surface area contributed by atoms with Crippen molar-refractivity contribution < 1.29 is 9.53 Å². The number of thiazole rings is 2. The molecule has 0 aliphatic carbocycles. The minimum absolute atomic E-state index is 0. The molecule has 1 saturated heterocycles. The first-order valence-electron chi connectivity index (χ1n) is 10.4. The van der Waals surface area contributed by atoms with Gasteiger partial charge in [-0.1, -0.05) is 23.5 Å². The number of nitrogens with one attached hydrogen (secondary N) is 1. The number of nitrogens with two attached hydrogens (primary N) is 1. The maximum absolute atomic E-state index is 12.8. The Hall–Kier alpha value is -2.72. The third-order valence-corrected chi connectivity index (χ3v) is 7.24. The largest absolute Gasteiger partial charge is 0.494 e. The number of carbonyl (C=O) groups excluding carboxylic acids is 1. The summed E-state index contributed by atoms with van der Waals surface area (Å²) in [7, 11) is 1.61. The summed E-state index contributed by atoms with van der Waals surface area (Å²) in [6.45, 7) is 3.24. The highest BCUT2D eigenvalue weighted by Crippen LogP contribution is 2.40. The highest BCUT2D eigenvalue weighted by atomic mass is 35.5. The van der Waals surface area contributed by atoms with Gasteiger partial charge in [0, 0.05) is 23.1 Å². The average Bonchev–Trinajstić information content (AvgIpc) is 3.55. The van der Waals surface area contributed by atoms with Crippen molar-refractivity contribution in [2.75, 3.05) is 31.2 Å². The zero-order valence-electron chi connectivity index (χ0n) is 18.0. The van der Waals surface area contributed by atoms with E-state index in [1.165, 1.54) is 41.1 Å². The zero-order chi connectivity index (χ0) is 22.1. The summed E-state index contributed by atoms with van der Waals surface area (Å²) in [6.07, 6.45) is 2.54. The van der Waals surface area contributed by atoms with Gasteiger partial charge >= 0.3 is 0 Å². The van der Waals surface area contributed by atoms with Crippen LogP contribution >= 0.6 is 35.1 Å². The van der Waals surface area contributed by atoms with Crippen molar-refractivity contribution in [2.24, 2.45) is 0 Å². The molecule has 5 rings (SSSR count). The first kappa shape index (κ1) is 23.4. The lowest BCUT2D eigenvalue weighted by Crippen LogP contribution is -2.18. The Morgan fingerprint density at radius 3 is 2.58 bits per heavy atom. The van der Waals surface area contributed by atoms with E-state index < -0.39 is 0 Å². The molecule has 10 heteroatoms. The van der Waals surface area contributed by atoms with Crippen molar-refractivity contribution >= 4 is 61.5 Å². The molecule has 4 aromatic rings. The monoisotopic (exact) mass is 501 g/mol. The second-order valence-corrected chi connectivity index (χ2v) is 9.61. The molecule has 7 nitrogen and oxygen atoms in total. The van der Waals surface area contributed by atoms with Crippen LogP contribution in [0.4, 0.5) is 10.3 Å². The van der Waals surface area contributed by atoms with Gasteiger partial charge in [0.2, 0.25) is 0 Å². The first-order valence-corrected chi connectivity index (χ1v) is 12.1. The van der Waals surface area contributed by atoms with E-state index in [0.29, 0.717) is 27.1 Å². The lowest BCUT2D eigenvalue weighted by Gasteiger charge is -2.14. The number of anilines is 2. The van der Waals surface area contributed by atoms with Crippen molar-refractivity contribution in [1.82, 2.24) is 14.9 Å². The van der Waals surface area contributed by atoms with Crippen LogP contribution in [0.5, 0.6) is 5.75 Å². The number of carbonyl (C=O) groups is 1. The zero-order valence-corrected chi connectivity index (χ0v) is 20.5. The molecule has 172 valence electrons. The maximum atomic E-state index is 12.8. The third kappa shape index (κ3) is 4.96. The van der Waals surface area contributed by atoms with Gasteiger partial charge in [0.15, 0.2) is 10.3 Å². The van der Waals surface area contributed by atoms with Gasteiger partial charge in [-0.25, -0.2) is 9.97 Å². The topological polar surface area (TPSA) is 93.4 Å². The fourth-order valence-electron chi connectivity index (χ4n) is 3.94. The molecular formula is C23H24ClN5O2S2. The van der Waals surface area contributed by atoms with Crippen molar-refractivity contribution in [1.29, 1.82) is 0 Å². The minimum Gasteiger partial charge on any atom is -0.494 e. The number of likely N-dealkylation sites (tertiary alicyclic amines) is 1. The molecule has 0 atom stereocenters. The highest BCUT2D eigenvalue weighted by molar-refractivity contribution is 7.23. The van der Waals surface area contributed by atoms with Crippen LogP contribution < -0.4 is 15.8 Å². The van der Waals surface area contributed by atoms with E-state index in [2.05, 4.69) is 20.2 Å². The molecule has 1 fully saturated rings. The van der Waals surface area contributed by atoms with Gasteiger partial charge in [-0.2, -0.15) is 0 Å². The number of benzene rings is 2. The van der Waals surface area contributed by atoms with Gasteiger partial charge in [0.1, 0.15) is 11.3 Å². The van der Waals surface area contributed by atoms with Crippen LogP contribution in [-0.4, -0.2) is 41.0 Å². The second-order valence-electron chi connectivity index (χ2n) is 7.72. The Balaban J connectivity index is 0.00000259. The smallest absolute Gasteiger partial charge is 0.257 e. The molecule has 0 spiro atoms. The van der Waals surface area contributed by atoms with Gasteiger partial charge in [0.25, 0.3) is 5.91 Å². The fraction of sp³-hybridized carbons (Fsp3) is 0.261. The molecule has 1 aliphatic heterocycles. The number of rotatable bonds is 6. The summed E-state index contributed by atoms with van der Waals surface area (Å²) in [5.41, 5.74) is 10.0. The van der Waals surface area contributed by atoms with Crippen LogP contribution in [0.15, 0.2) is 41.8 Å². The summed E-state index contributed by atoms with van der Waals surface area (Å²) in [4.78, 5) is 24.3. The number of halogens is 1. The first-order chi connectivity index (χ1) is 15.6. The van der Waals surface area contributed by atoms with Gasteiger partial charge < -0.3 is 10.5 Å². The van der Waals surface area contributed by atoms with E-state index in [-0.39, 0.29) is 18.3 Å². The molecule has 0 radical (unpaired) electrons. The standard InChI is InChI=1S/C23H23N5O2S2.ClH/c1-30-18-9-8-16(17-13-31-22(24)25-17)20-19(18)26-23(32-20)27-21(29)15-6-4-14(5-7-15)12-28-10-2-3-11-28;/h4-9,13H,2-3,10-12H2,1H3,(H2,24,25)(H,26,27,29);1H. The Morgan fingerprint density at radius 2 is 1.91 bits per heavy atom. The molecule has 0 saturated carbocycles. The molecular weight excluding hydrogens is 478 g/mol. The molecule has 0 bridgehead atoms. The van der Waals surface area contributed by atoms with Crippen LogP contribution in [0.1, 0.15) is 28.8 Å². The number of nitrogens with zero attached hydrogens (tertiary/aromatic N) is 3. The summed E-state index contributed by atoms with van der Waals surface area (Å²) in [6, 6.07) is 11.6. The van der Waals surface area contributed by atoms with E-state index in [1.807, 2.05) is 41.8 Å². The van der Waals surface area contributed by atoms with Crippen LogP contribution in [0.25, 0.3) is 21.5 Å². The van der Waals surface area contributed by atoms with Gasteiger partial charge in [-0.15, -0.1) is 23.7 Å². The Labute approximate surface area is 206 Å². The van der Waals surface area contributed by atoms with Crippen LogP contribution in [0.3, 0.4) is 0 Å². The maximum Gasteiger partial charge on any atom is 0.257 e. The molecule has 2 aromatic carbocycles. The Kier molecular flexibility index (Phi) is 7.14. The van der Waals surface area contributed by atoms with Crippen LogP contribution in [0.2, 0.25) is 0 Å². The average molecular weight is 502 g/mol. The number of methoxy groups -OCH3 is 1. The van der Waals surface area contributed by atoms with Crippen molar-refractivity contribution in [3.63, 3.8) is 0 Å². The third-order valence-electron chi connectivity index (χ3n) is 5.57. The predicted octanol–water partition coefficient (Wildman–Crippen LogP) is 5.28. The second kappa shape index (κ2) is 10.0.